The molecular weight excluding hydrogens is 254 g/mol. The first kappa shape index (κ1) is 12.2. The van der Waals surface area contributed by atoms with Gasteiger partial charge >= 0.3 is 0 Å². The van der Waals surface area contributed by atoms with Crippen molar-refractivity contribution in [1.82, 2.24) is 0 Å². The Morgan fingerprint density at radius 3 is 2.42 bits per heavy atom. The second-order valence-corrected chi connectivity index (χ2v) is 6.33. The molecule has 1 aliphatic heterocycles. The predicted octanol–water partition coefficient (Wildman–Crippen LogP) is 3.41. The summed E-state index contributed by atoms with van der Waals surface area (Å²) in [4.78, 5) is 15.9. The molecule has 0 saturated carbocycles. The molecule has 19 heavy (non-hydrogen) atoms. The minimum Gasteiger partial charge on any atom is -0.355 e. The van der Waals surface area contributed by atoms with Crippen molar-refractivity contribution in [3.63, 3.8) is 0 Å². The van der Waals surface area contributed by atoms with Crippen molar-refractivity contribution in [2.45, 2.75) is 10.3 Å². The van der Waals surface area contributed by atoms with E-state index in [4.69, 9.17) is 0 Å². The zero-order valence-corrected chi connectivity index (χ0v) is 11.6. The maximum absolute atomic E-state index is 12.7. The van der Waals surface area contributed by atoms with Gasteiger partial charge in [-0.2, -0.15) is 0 Å². The van der Waals surface area contributed by atoms with E-state index in [2.05, 4.69) is 22.9 Å². The molecule has 0 radical (unpaired) electrons. The lowest BCUT2D eigenvalue weighted by Crippen LogP contribution is -2.33. The van der Waals surface area contributed by atoms with Gasteiger partial charge in [-0.3, -0.25) is 4.79 Å². The number of carbonyl (C=O) groups is 1. The summed E-state index contributed by atoms with van der Waals surface area (Å²) in [7, 11) is 1.65. The fourth-order valence-corrected chi connectivity index (χ4v) is 4.32. The Morgan fingerprint density at radius 2 is 1.74 bits per heavy atom. The van der Waals surface area contributed by atoms with Crippen LogP contribution in [0.25, 0.3) is 0 Å². The first-order valence-corrected chi connectivity index (χ1v) is 7.60. The molecule has 2 aromatic rings. The normalized spacial score (nSPS) is 21.2. The van der Waals surface area contributed by atoms with Crippen LogP contribution in [0.2, 0.25) is 0 Å². The van der Waals surface area contributed by atoms with Crippen molar-refractivity contribution in [1.29, 1.82) is 0 Å². The highest BCUT2D eigenvalue weighted by molar-refractivity contribution is 8.15. The van der Waals surface area contributed by atoms with Crippen LogP contribution in [-0.2, 0) is 0 Å². The molecule has 1 aliphatic rings. The third kappa shape index (κ3) is 1.90. The molecule has 0 N–H and O–H groups in total. The Labute approximate surface area is 115 Å². The second kappa shape index (κ2) is 4.67. The minimum atomic E-state index is -0.320. The van der Waals surface area contributed by atoms with E-state index in [0.717, 1.165) is 11.3 Å². The second-order valence-electron chi connectivity index (χ2n) is 4.59. The zero-order chi connectivity index (χ0) is 13.4. The Morgan fingerprint density at radius 1 is 1.11 bits per heavy atom. The van der Waals surface area contributed by atoms with Gasteiger partial charge in [0.05, 0.1) is 5.69 Å². The van der Waals surface area contributed by atoms with Gasteiger partial charge in [0.15, 0.2) is 5.78 Å². The molecule has 0 aromatic heterocycles. The number of benzene rings is 2. The van der Waals surface area contributed by atoms with E-state index in [9.17, 15) is 4.79 Å². The van der Waals surface area contributed by atoms with Crippen LogP contribution >= 0.6 is 10.5 Å². The quantitative estimate of drug-likeness (QED) is 0.615. The minimum absolute atomic E-state index is 0.151. The van der Waals surface area contributed by atoms with Crippen LogP contribution in [0.4, 0.5) is 5.69 Å². The third-order valence-corrected chi connectivity index (χ3v) is 5.41. The number of likely N-dealkylation sites (N-methyl/N-ethyl adjacent to an activating group) is 1. The molecule has 2 unspecified atom stereocenters. The maximum Gasteiger partial charge on any atom is 0.195 e. The largest absolute Gasteiger partial charge is 0.355 e. The van der Waals surface area contributed by atoms with E-state index >= 15 is 0 Å². The molecule has 96 valence electrons. The molecule has 0 bridgehead atoms. The summed E-state index contributed by atoms with van der Waals surface area (Å²) in [6, 6.07) is 17.6. The van der Waals surface area contributed by atoms with E-state index in [1.807, 2.05) is 49.5 Å². The highest BCUT2D eigenvalue weighted by atomic mass is 32.2. The molecule has 3 rings (SSSR count). The van der Waals surface area contributed by atoms with Gasteiger partial charge in [-0.15, -0.1) is 10.5 Å². The van der Waals surface area contributed by atoms with Gasteiger partial charge in [-0.1, -0.05) is 48.3 Å². The Bertz CT molecular complexity index is 651. The molecule has 0 aliphatic carbocycles. The van der Waals surface area contributed by atoms with Crippen LogP contribution in [0.3, 0.4) is 0 Å². The molecular formula is C16H15NOS. The van der Waals surface area contributed by atoms with Crippen molar-refractivity contribution in [3.05, 3.63) is 60.2 Å². The number of para-hydroxylation sites is 1. The first-order valence-electron chi connectivity index (χ1n) is 6.14. The van der Waals surface area contributed by atoms with E-state index in [1.165, 1.54) is 4.90 Å². The SMILES string of the molecule is C=S1c2ccccc2N(C)C1C(=O)c1ccccc1. The number of Topliss-reactive ketones (excluding diaryl/α,β-unsaturated/α-hetero) is 1. The summed E-state index contributed by atoms with van der Waals surface area (Å²) in [5.74, 6) is 4.37. The molecule has 1 heterocycles. The van der Waals surface area contributed by atoms with E-state index in [-0.39, 0.29) is 21.6 Å². The molecule has 0 saturated heterocycles. The molecule has 2 nitrogen and oxygen atoms in total. The molecule has 2 atom stereocenters. The third-order valence-electron chi connectivity index (χ3n) is 3.43. The molecule has 0 amide bonds. The van der Waals surface area contributed by atoms with E-state index < -0.39 is 0 Å². The lowest BCUT2D eigenvalue weighted by Gasteiger charge is -2.21. The lowest BCUT2D eigenvalue weighted by molar-refractivity contribution is 0.0990. The average molecular weight is 269 g/mol. The Kier molecular flexibility index (Phi) is 2.99. The van der Waals surface area contributed by atoms with Crippen molar-refractivity contribution in [2.75, 3.05) is 11.9 Å². The summed E-state index contributed by atoms with van der Waals surface area (Å²) in [6.07, 6.45) is 0. The van der Waals surface area contributed by atoms with Gasteiger partial charge in [0.2, 0.25) is 0 Å². The van der Waals surface area contributed by atoms with Gasteiger partial charge in [0.1, 0.15) is 5.37 Å². The van der Waals surface area contributed by atoms with Crippen molar-refractivity contribution in [3.8, 4) is 0 Å². The number of nitrogens with zero attached hydrogens (tertiary/aromatic N) is 1. The molecule has 2 aromatic carbocycles. The summed E-state index contributed by atoms with van der Waals surface area (Å²) < 4.78 is 0. The fourth-order valence-electron chi connectivity index (χ4n) is 2.46. The van der Waals surface area contributed by atoms with Gasteiger partial charge in [-0.25, -0.2) is 0 Å². The number of hydrogen-bond acceptors (Lipinski definition) is 2. The van der Waals surface area contributed by atoms with E-state index in [1.54, 1.807) is 0 Å². The van der Waals surface area contributed by atoms with Crippen molar-refractivity contribution < 1.29 is 4.79 Å². The number of anilines is 1. The van der Waals surface area contributed by atoms with Gasteiger partial charge in [0.25, 0.3) is 0 Å². The monoisotopic (exact) mass is 269 g/mol. The van der Waals surface area contributed by atoms with Crippen molar-refractivity contribution in [2.24, 2.45) is 0 Å². The number of fused-ring (bicyclic) bond motifs is 1. The number of rotatable bonds is 2. The van der Waals surface area contributed by atoms with E-state index in [0.29, 0.717) is 0 Å². The Hall–Kier alpha value is -1.87. The predicted molar refractivity (Wildman–Crippen MR) is 82.4 cm³/mol. The van der Waals surface area contributed by atoms with Crippen molar-refractivity contribution >= 4 is 27.8 Å². The standard InChI is InChI=1S/C16H15NOS/c1-17-13-10-6-7-11-14(13)19(2)16(17)15(18)12-8-4-3-5-9-12/h3-11,16H,2H2,1H3. The molecule has 0 fully saturated rings. The average Bonchev–Trinajstić information content (AvgIpc) is 2.72. The number of carbonyl (C=O) groups excluding carboxylic acids is 1. The number of hydrogen-bond donors (Lipinski definition) is 0. The highest BCUT2D eigenvalue weighted by Crippen LogP contribution is 2.47. The smallest absolute Gasteiger partial charge is 0.195 e. The summed E-state index contributed by atoms with van der Waals surface area (Å²) in [5.41, 5.74) is 1.88. The summed E-state index contributed by atoms with van der Waals surface area (Å²) >= 11 is 0. The fraction of sp³-hybridized carbons (Fsp3) is 0.125. The van der Waals surface area contributed by atoms with Crippen LogP contribution in [0.5, 0.6) is 0 Å². The maximum atomic E-state index is 12.7. The summed E-state index contributed by atoms with van der Waals surface area (Å²) in [5, 5.41) is -0.181. The molecule has 0 spiro atoms. The van der Waals surface area contributed by atoms with Gasteiger partial charge < -0.3 is 4.90 Å². The summed E-state index contributed by atoms with van der Waals surface area (Å²) in [6.45, 7) is 0. The Balaban J connectivity index is 2.01. The highest BCUT2D eigenvalue weighted by Gasteiger charge is 2.34. The first-order chi connectivity index (χ1) is 9.20. The molecule has 3 heteroatoms. The van der Waals surface area contributed by atoms with Crippen LogP contribution in [0.1, 0.15) is 10.4 Å². The zero-order valence-electron chi connectivity index (χ0n) is 10.7. The van der Waals surface area contributed by atoms with Gasteiger partial charge in [0, 0.05) is 17.5 Å². The van der Waals surface area contributed by atoms with Crippen LogP contribution < -0.4 is 4.90 Å². The van der Waals surface area contributed by atoms with Crippen LogP contribution in [0, 0.1) is 0 Å². The van der Waals surface area contributed by atoms with Gasteiger partial charge in [-0.05, 0) is 12.1 Å². The topological polar surface area (TPSA) is 20.3 Å². The number of ketones is 1. The van der Waals surface area contributed by atoms with Crippen LogP contribution in [-0.4, -0.2) is 24.1 Å². The lowest BCUT2D eigenvalue weighted by atomic mass is 10.1. The van der Waals surface area contributed by atoms with Crippen LogP contribution in [0.15, 0.2) is 59.5 Å².